The molecule has 0 aliphatic heterocycles. The summed E-state index contributed by atoms with van der Waals surface area (Å²) in [5, 5.41) is 17.0. The highest BCUT2D eigenvalue weighted by atomic mass is 35.5. The molecule has 6 nitrogen and oxygen atoms in total. The third-order valence-corrected chi connectivity index (χ3v) is 5.76. The normalized spacial score (nSPS) is 19.8. The van der Waals surface area contributed by atoms with Gasteiger partial charge in [0.15, 0.2) is 0 Å². The van der Waals surface area contributed by atoms with Crippen LogP contribution in [0.1, 0.15) is 29.6 Å². The number of carbonyl (C=O) groups excluding carboxylic acids is 1. The minimum absolute atomic E-state index is 0.0779. The average molecular weight is 478 g/mol. The van der Waals surface area contributed by atoms with Crippen molar-refractivity contribution in [3.63, 3.8) is 0 Å². The Hall–Kier alpha value is -3.17. The molecule has 1 aliphatic carbocycles. The fourth-order valence-electron chi connectivity index (χ4n) is 3.76. The Balaban J connectivity index is 1.78. The lowest BCUT2D eigenvalue weighted by Gasteiger charge is -2.34. The molecule has 2 aromatic carbocycles. The SMILES string of the molecule is O=C(N[C@H]1CCCC(F)(F)[C@@H]1O)c1cc(-c2ccc(Cl)cc2)nn(-c2cccc(F)c2)c1=O. The quantitative estimate of drug-likeness (QED) is 0.595. The van der Waals surface area contributed by atoms with Crippen LogP contribution in [0.5, 0.6) is 0 Å². The summed E-state index contributed by atoms with van der Waals surface area (Å²) in [6.45, 7) is 0. The maximum absolute atomic E-state index is 13.9. The Kier molecular flexibility index (Phi) is 6.27. The second-order valence-corrected chi connectivity index (χ2v) is 8.26. The van der Waals surface area contributed by atoms with Crippen LogP contribution in [0.3, 0.4) is 0 Å². The fraction of sp³-hybridized carbons (Fsp3) is 0.261. The van der Waals surface area contributed by atoms with Crippen molar-refractivity contribution in [2.75, 3.05) is 0 Å². The molecule has 0 radical (unpaired) electrons. The summed E-state index contributed by atoms with van der Waals surface area (Å²) < 4.78 is 42.5. The molecule has 3 aromatic rings. The van der Waals surface area contributed by atoms with E-state index in [1.165, 1.54) is 24.3 Å². The molecule has 10 heteroatoms. The van der Waals surface area contributed by atoms with Crippen molar-refractivity contribution in [1.29, 1.82) is 0 Å². The summed E-state index contributed by atoms with van der Waals surface area (Å²) >= 11 is 5.93. The number of aromatic nitrogens is 2. The number of halogens is 4. The first-order valence-electron chi connectivity index (χ1n) is 10.2. The minimum atomic E-state index is -3.34. The maximum Gasteiger partial charge on any atom is 0.284 e. The lowest BCUT2D eigenvalue weighted by molar-refractivity contribution is -0.141. The van der Waals surface area contributed by atoms with Gasteiger partial charge >= 0.3 is 0 Å². The van der Waals surface area contributed by atoms with Gasteiger partial charge in [-0.3, -0.25) is 9.59 Å². The molecule has 1 amide bonds. The first-order chi connectivity index (χ1) is 15.7. The highest BCUT2D eigenvalue weighted by Crippen LogP contribution is 2.33. The number of hydrogen-bond acceptors (Lipinski definition) is 4. The smallest absolute Gasteiger partial charge is 0.284 e. The number of aliphatic hydroxyl groups is 1. The Labute approximate surface area is 191 Å². The number of nitrogens with one attached hydrogen (secondary N) is 1. The van der Waals surface area contributed by atoms with Crippen molar-refractivity contribution in [1.82, 2.24) is 15.1 Å². The fourth-order valence-corrected chi connectivity index (χ4v) is 3.88. The third-order valence-electron chi connectivity index (χ3n) is 5.50. The van der Waals surface area contributed by atoms with Gasteiger partial charge in [-0.1, -0.05) is 29.8 Å². The van der Waals surface area contributed by atoms with Crippen molar-refractivity contribution >= 4 is 17.5 Å². The van der Waals surface area contributed by atoms with E-state index in [-0.39, 0.29) is 29.8 Å². The molecule has 2 atom stereocenters. The first-order valence-corrected chi connectivity index (χ1v) is 10.6. The Bertz CT molecular complexity index is 1250. The van der Waals surface area contributed by atoms with Crippen molar-refractivity contribution < 1.29 is 23.1 Å². The van der Waals surface area contributed by atoms with Gasteiger partial charge in [0.1, 0.15) is 17.5 Å². The molecule has 1 aromatic heterocycles. The summed E-state index contributed by atoms with van der Waals surface area (Å²) in [6.07, 6.45) is -2.31. The van der Waals surface area contributed by atoms with Crippen LogP contribution >= 0.6 is 11.6 Å². The lowest BCUT2D eigenvalue weighted by Crippen LogP contribution is -2.54. The van der Waals surface area contributed by atoms with E-state index in [1.54, 1.807) is 24.3 Å². The minimum Gasteiger partial charge on any atom is -0.385 e. The van der Waals surface area contributed by atoms with E-state index in [4.69, 9.17) is 11.6 Å². The van der Waals surface area contributed by atoms with E-state index in [2.05, 4.69) is 10.4 Å². The van der Waals surface area contributed by atoms with Crippen LogP contribution in [0.2, 0.25) is 5.02 Å². The summed E-state index contributed by atoms with van der Waals surface area (Å²) in [4.78, 5) is 26.1. The molecule has 0 spiro atoms. The maximum atomic E-state index is 13.9. The average Bonchev–Trinajstić information content (AvgIpc) is 2.77. The van der Waals surface area contributed by atoms with Gasteiger partial charge in [-0.05, 0) is 49.2 Å². The Morgan fingerprint density at radius 2 is 1.91 bits per heavy atom. The predicted molar refractivity (Wildman–Crippen MR) is 116 cm³/mol. The van der Waals surface area contributed by atoms with Crippen LogP contribution in [-0.4, -0.2) is 38.9 Å². The highest BCUT2D eigenvalue weighted by Gasteiger charge is 2.46. The van der Waals surface area contributed by atoms with E-state index in [9.17, 15) is 27.9 Å². The summed E-state index contributed by atoms with van der Waals surface area (Å²) in [5.41, 5.74) is -0.458. The molecular formula is C23H19ClF3N3O3. The van der Waals surface area contributed by atoms with Crippen LogP contribution in [0, 0.1) is 5.82 Å². The molecule has 1 heterocycles. The van der Waals surface area contributed by atoms with Crippen LogP contribution < -0.4 is 10.9 Å². The van der Waals surface area contributed by atoms with Gasteiger partial charge in [0.25, 0.3) is 17.4 Å². The van der Waals surface area contributed by atoms with Gasteiger partial charge in [-0.25, -0.2) is 13.2 Å². The van der Waals surface area contributed by atoms with Gasteiger partial charge in [0.05, 0.1) is 17.4 Å². The van der Waals surface area contributed by atoms with E-state index in [0.29, 0.717) is 10.6 Å². The lowest BCUT2D eigenvalue weighted by atomic mass is 9.89. The van der Waals surface area contributed by atoms with E-state index in [1.807, 2.05) is 0 Å². The van der Waals surface area contributed by atoms with Crippen LogP contribution in [-0.2, 0) is 0 Å². The van der Waals surface area contributed by atoms with Gasteiger partial charge in [-0.15, -0.1) is 0 Å². The van der Waals surface area contributed by atoms with Crippen molar-refractivity contribution in [3.05, 3.63) is 81.4 Å². The van der Waals surface area contributed by atoms with Crippen LogP contribution in [0.4, 0.5) is 13.2 Å². The topological polar surface area (TPSA) is 84.2 Å². The number of carbonyl (C=O) groups is 1. The molecule has 0 bridgehead atoms. The number of nitrogens with zero attached hydrogens (tertiary/aromatic N) is 2. The van der Waals surface area contributed by atoms with Gasteiger partial charge in [0.2, 0.25) is 0 Å². The molecule has 1 saturated carbocycles. The van der Waals surface area contributed by atoms with Crippen LogP contribution in [0.25, 0.3) is 16.9 Å². The first kappa shape index (κ1) is 23.0. The number of alkyl halides is 2. The van der Waals surface area contributed by atoms with Crippen molar-refractivity contribution in [3.8, 4) is 16.9 Å². The number of amides is 1. The van der Waals surface area contributed by atoms with Gasteiger partial charge < -0.3 is 10.4 Å². The molecular weight excluding hydrogens is 459 g/mol. The number of benzene rings is 2. The van der Waals surface area contributed by atoms with Crippen molar-refractivity contribution in [2.24, 2.45) is 0 Å². The molecule has 1 fully saturated rings. The molecule has 0 saturated heterocycles. The second-order valence-electron chi connectivity index (χ2n) is 7.83. The van der Waals surface area contributed by atoms with Gasteiger partial charge in [-0.2, -0.15) is 9.78 Å². The Morgan fingerprint density at radius 1 is 1.18 bits per heavy atom. The number of hydrogen-bond donors (Lipinski definition) is 2. The predicted octanol–water partition coefficient (Wildman–Crippen LogP) is 3.97. The second kappa shape index (κ2) is 8.99. The molecule has 4 rings (SSSR count). The highest BCUT2D eigenvalue weighted by molar-refractivity contribution is 6.30. The van der Waals surface area contributed by atoms with E-state index < -0.39 is 41.8 Å². The molecule has 0 unspecified atom stereocenters. The Morgan fingerprint density at radius 3 is 2.61 bits per heavy atom. The third kappa shape index (κ3) is 4.79. The summed E-state index contributed by atoms with van der Waals surface area (Å²) in [7, 11) is 0. The molecule has 33 heavy (non-hydrogen) atoms. The van der Waals surface area contributed by atoms with E-state index >= 15 is 0 Å². The van der Waals surface area contributed by atoms with Gasteiger partial charge in [0, 0.05) is 17.0 Å². The molecule has 172 valence electrons. The largest absolute Gasteiger partial charge is 0.385 e. The van der Waals surface area contributed by atoms with E-state index in [0.717, 1.165) is 10.7 Å². The zero-order valence-electron chi connectivity index (χ0n) is 17.1. The number of rotatable bonds is 4. The summed E-state index contributed by atoms with van der Waals surface area (Å²) in [5.74, 6) is -4.90. The number of aliphatic hydroxyl groups excluding tert-OH is 1. The molecule has 2 N–H and O–H groups in total. The summed E-state index contributed by atoms with van der Waals surface area (Å²) in [6, 6.07) is 11.5. The standard InChI is InChI=1S/C23H19ClF3N3O3/c24-14-8-6-13(7-9-14)19-12-17(21(32)28-18-5-2-10-23(26,27)20(18)31)22(33)30(29-19)16-4-1-3-15(25)11-16/h1,3-4,6-9,11-12,18,20,31H,2,5,10H2,(H,28,32)/t18-,20+/m0/s1. The zero-order valence-corrected chi connectivity index (χ0v) is 17.9. The van der Waals surface area contributed by atoms with Crippen LogP contribution in [0.15, 0.2) is 59.4 Å². The zero-order chi connectivity index (χ0) is 23.8. The molecule has 1 aliphatic rings. The van der Waals surface area contributed by atoms with Crippen molar-refractivity contribution in [2.45, 2.75) is 37.3 Å². The monoisotopic (exact) mass is 477 g/mol.